The first-order chi connectivity index (χ1) is 8.90. The molecule has 98 valence electrons. The van der Waals surface area contributed by atoms with Crippen LogP contribution in [0.5, 0.6) is 0 Å². The van der Waals surface area contributed by atoms with Crippen molar-refractivity contribution in [3.05, 3.63) is 24.0 Å². The quantitative estimate of drug-likeness (QED) is 0.734. The molecule has 2 N–H and O–H groups in total. The van der Waals surface area contributed by atoms with Crippen molar-refractivity contribution in [2.75, 3.05) is 39.4 Å². The highest BCUT2D eigenvalue weighted by molar-refractivity contribution is 5.15. The van der Waals surface area contributed by atoms with E-state index in [-0.39, 0.29) is 6.04 Å². The zero-order valence-electron chi connectivity index (χ0n) is 10.6. The Balaban J connectivity index is 1.63. The third-order valence-electron chi connectivity index (χ3n) is 3.17. The fourth-order valence-corrected chi connectivity index (χ4v) is 2.12. The molecule has 1 aromatic rings. The highest BCUT2D eigenvalue weighted by Crippen LogP contribution is 2.08. The molecule has 0 aromatic carbocycles. The maximum absolute atomic E-state index is 9.09. The van der Waals surface area contributed by atoms with E-state index < -0.39 is 0 Å². The van der Waals surface area contributed by atoms with Gasteiger partial charge in [-0.3, -0.25) is 10.2 Å². The number of nitrogens with zero attached hydrogens (tertiary/aromatic N) is 2. The van der Waals surface area contributed by atoms with Gasteiger partial charge < -0.3 is 9.72 Å². The lowest BCUT2D eigenvalue weighted by Gasteiger charge is -2.26. The Morgan fingerprint density at radius 3 is 3.00 bits per heavy atom. The van der Waals surface area contributed by atoms with Crippen LogP contribution in [0.3, 0.4) is 0 Å². The predicted octanol–water partition coefficient (Wildman–Crippen LogP) is 0.891. The highest BCUT2D eigenvalue weighted by atomic mass is 16.5. The topological polar surface area (TPSA) is 64.1 Å². The van der Waals surface area contributed by atoms with Gasteiger partial charge in [-0.05, 0) is 31.6 Å². The molecule has 2 rings (SSSR count). The lowest BCUT2D eigenvalue weighted by atomic mass is 10.2. The van der Waals surface area contributed by atoms with Crippen molar-refractivity contribution < 1.29 is 4.74 Å². The number of morpholine rings is 1. The van der Waals surface area contributed by atoms with Crippen LogP contribution in [0.2, 0.25) is 0 Å². The largest absolute Gasteiger partial charge is 0.379 e. The molecule has 1 saturated heterocycles. The molecule has 0 radical (unpaired) electrons. The zero-order chi connectivity index (χ0) is 12.6. The third-order valence-corrected chi connectivity index (χ3v) is 3.17. The average Bonchev–Trinajstić information content (AvgIpc) is 2.94. The van der Waals surface area contributed by atoms with Crippen molar-refractivity contribution in [3.8, 4) is 6.07 Å². The van der Waals surface area contributed by atoms with Gasteiger partial charge in [0.15, 0.2) is 0 Å². The lowest BCUT2D eigenvalue weighted by Crippen LogP contribution is -2.37. The van der Waals surface area contributed by atoms with Crippen LogP contribution in [-0.4, -0.2) is 49.3 Å². The number of hydrogen-bond donors (Lipinski definition) is 2. The van der Waals surface area contributed by atoms with Gasteiger partial charge in [-0.15, -0.1) is 0 Å². The number of nitrogens with one attached hydrogen (secondary N) is 2. The summed E-state index contributed by atoms with van der Waals surface area (Å²) in [4.78, 5) is 5.47. The van der Waals surface area contributed by atoms with Crippen molar-refractivity contribution >= 4 is 0 Å². The van der Waals surface area contributed by atoms with Crippen molar-refractivity contribution in [2.45, 2.75) is 12.5 Å². The van der Waals surface area contributed by atoms with Crippen LogP contribution >= 0.6 is 0 Å². The van der Waals surface area contributed by atoms with Gasteiger partial charge >= 0.3 is 0 Å². The average molecular weight is 248 g/mol. The monoisotopic (exact) mass is 248 g/mol. The van der Waals surface area contributed by atoms with Crippen LogP contribution in [-0.2, 0) is 4.74 Å². The molecule has 5 nitrogen and oxygen atoms in total. The Labute approximate surface area is 108 Å². The van der Waals surface area contributed by atoms with Gasteiger partial charge in [-0.2, -0.15) is 5.26 Å². The first kappa shape index (κ1) is 13.1. The summed E-state index contributed by atoms with van der Waals surface area (Å²) in [7, 11) is 0. The third kappa shape index (κ3) is 3.84. The fourth-order valence-electron chi connectivity index (χ4n) is 2.12. The minimum Gasteiger partial charge on any atom is -0.379 e. The normalized spacial score (nSPS) is 18.4. The summed E-state index contributed by atoms with van der Waals surface area (Å²) in [6.07, 6.45) is 2.90. The molecule has 0 aliphatic carbocycles. The first-order valence-electron chi connectivity index (χ1n) is 6.46. The zero-order valence-corrected chi connectivity index (χ0v) is 10.6. The van der Waals surface area contributed by atoms with Crippen molar-refractivity contribution in [1.29, 1.82) is 5.26 Å². The van der Waals surface area contributed by atoms with Gasteiger partial charge in [-0.25, -0.2) is 0 Å². The number of aromatic nitrogens is 1. The Morgan fingerprint density at radius 1 is 1.50 bits per heavy atom. The van der Waals surface area contributed by atoms with E-state index in [1.54, 1.807) is 0 Å². The van der Waals surface area contributed by atoms with Crippen LogP contribution in [0.15, 0.2) is 18.3 Å². The molecular formula is C13H20N4O. The van der Waals surface area contributed by atoms with Crippen molar-refractivity contribution in [2.24, 2.45) is 0 Å². The van der Waals surface area contributed by atoms with E-state index in [0.29, 0.717) is 0 Å². The first-order valence-corrected chi connectivity index (χ1v) is 6.46. The highest BCUT2D eigenvalue weighted by Gasteiger charge is 2.11. The summed E-state index contributed by atoms with van der Waals surface area (Å²) < 4.78 is 5.31. The number of H-pyrrole nitrogens is 1. The van der Waals surface area contributed by atoms with E-state index in [0.717, 1.165) is 51.5 Å². The minimum absolute atomic E-state index is 0.232. The van der Waals surface area contributed by atoms with Gasteiger partial charge in [0.1, 0.15) is 6.04 Å². The van der Waals surface area contributed by atoms with E-state index >= 15 is 0 Å². The van der Waals surface area contributed by atoms with Gasteiger partial charge in [-0.1, -0.05) is 0 Å². The second-order valence-corrected chi connectivity index (χ2v) is 4.45. The number of aromatic amines is 1. The Bertz CT molecular complexity index is 365. The van der Waals surface area contributed by atoms with Gasteiger partial charge in [0.05, 0.1) is 19.3 Å². The molecule has 18 heavy (non-hydrogen) atoms. The number of nitriles is 1. The second kappa shape index (κ2) is 7.17. The van der Waals surface area contributed by atoms with E-state index in [1.807, 2.05) is 18.3 Å². The van der Waals surface area contributed by atoms with Gasteiger partial charge in [0.2, 0.25) is 0 Å². The second-order valence-electron chi connectivity index (χ2n) is 4.45. The van der Waals surface area contributed by atoms with Crippen molar-refractivity contribution in [3.63, 3.8) is 0 Å². The minimum atomic E-state index is -0.232. The predicted molar refractivity (Wildman–Crippen MR) is 69.0 cm³/mol. The smallest absolute Gasteiger partial charge is 0.136 e. The summed E-state index contributed by atoms with van der Waals surface area (Å²) >= 11 is 0. The molecule has 5 heteroatoms. The molecule has 1 aromatic heterocycles. The SMILES string of the molecule is N#CC(NCCCN1CCOCC1)c1ccc[nH]1. The molecule has 0 spiro atoms. The molecule has 1 atom stereocenters. The van der Waals surface area contributed by atoms with Crippen LogP contribution in [0.25, 0.3) is 0 Å². The molecule has 0 amide bonds. The van der Waals surface area contributed by atoms with Crippen LogP contribution < -0.4 is 5.32 Å². The summed E-state index contributed by atoms with van der Waals surface area (Å²) in [5.74, 6) is 0. The fraction of sp³-hybridized carbons (Fsp3) is 0.615. The number of rotatable bonds is 6. The Hall–Kier alpha value is -1.35. The lowest BCUT2D eigenvalue weighted by molar-refractivity contribution is 0.0374. The van der Waals surface area contributed by atoms with Gasteiger partial charge in [0, 0.05) is 25.0 Å². The van der Waals surface area contributed by atoms with E-state index in [4.69, 9.17) is 10.00 Å². The van der Waals surface area contributed by atoms with Crippen molar-refractivity contribution in [1.82, 2.24) is 15.2 Å². The molecule has 1 aliphatic heterocycles. The summed E-state index contributed by atoms with van der Waals surface area (Å²) in [6.45, 7) is 5.66. The summed E-state index contributed by atoms with van der Waals surface area (Å²) in [6, 6.07) is 5.88. The van der Waals surface area contributed by atoms with Gasteiger partial charge in [0.25, 0.3) is 0 Å². The molecule has 2 heterocycles. The number of ether oxygens (including phenoxy) is 1. The molecule has 0 saturated carbocycles. The molecular weight excluding hydrogens is 228 g/mol. The maximum atomic E-state index is 9.09. The van der Waals surface area contributed by atoms with Crippen LogP contribution in [0.4, 0.5) is 0 Å². The van der Waals surface area contributed by atoms with E-state index in [2.05, 4.69) is 21.3 Å². The van der Waals surface area contributed by atoms with E-state index in [1.165, 1.54) is 0 Å². The Kier molecular flexibility index (Phi) is 5.21. The van der Waals surface area contributed by atoms with Crippen LogP contribution in [0.1, 0.15) is 18.2 Å². The summed E-state index contributed by atoms with van der Waals surface area (Å²) in [5.41, 5.74) is 0.934. The molecule has 1 fully saturated rings. The van der Waals surface area contributed by atoms with E-state index in [9.17, 15) is 0 Å². The standard InChI is InChI=1S/C13H20N4O/c14-11-13(12-3-1-4-15-12)16-5-2-6-17-7-9-18-10-8-17/h1,3-4,13,15-16H,2,5-10H2. The maximum Gasteiger partial charge on any atom is 0.136 e. The Morgan fingerprint density at radius 2 is 2.33 bits per heavy atom. The number of hydrogen-bond acceptors (Lipinski definition) is 4. The van der Waals surface area contributed by atoms with Crippen LogP contribution in [0, 0.1) is 11.3 Å². The molecule has 1 unspecified atom stereocenters. The summed E-state index contributed by atoms with van der Waals surface area (Å²) in [5, 5.41) is 12.3. The molecule has 0 bridgehead atoms. The molecule has 1 aliphatic rings.